The molecule has 2 aliphatic rings. The van der Waals surface area contributed by atoms with Crippen molar-refractivity contribution in [1.29, 1.82) is 0 Å². The van der Waals surface area contributed by atoms with Crippen LogP contribution in [0.2, 0.25) is 0 Å². The first-order valence-electron chi connectivity index (χ1n) is 7.34. The number of likely N-dealkylation sites (N-methyl/N-ethyl adjacent to an activating group) is 1. The first kappa shape index (κ1) is 14.8. The van der Waals surface area contributed by atoms with E-state index in [1.807, 2.05) is 6.92 Å². The highest BCUT2D eigenvalue weighted by molar-refractivity contribution is 5.80. The Labute approximate surface area is 115 Å². The minimum absolute atomic E-state index is 0.177. The molecule has 0 amide bonds. The van der Waals surface area contributed by atoms with E-state index in [0.717, 1.165) is 25.9 Å². The van der Waals surface area contributed by atoms with Gasteiger partial charge >= 0.3 is 5.97 Å². The smallest absolute Gasteiger partial charge is 0.325 e. The fraction of sp³-hybridized carbons (Fsp3) is 0.929. The van der Waals surface area contributed by atoms with Crippen LogP contribution in [0.4, 0.5) is 0 Å². The molecular weight excluding hydrogens is 244 g/mol. The summed E-state index contributed by atoms with van der Waals surface area (Å²) in [5.74, 6) is -0.429. The van der Waals surface area contributed by atoms with Gasteiger partial charge in [-0.25, -0.2) is 0 Å². The summed E-state index contributed by atoms with van der Waals surface area (Å²) >= 11 is 0. The summed E-state index contributed by atoms with van der Waals surface area (Å²) in [6, 6.07) is 0. The highest BCUT2D eigenvalue weighted by Crippen LogP contribution is 2.40. The topological polar surface area (TPSA) is 61.8 Å². The van der Waals surface area contributed by atoms with Gasteiger partial charge in [-0.05, 0) is 39.2 Å². The largest absolute Gasteiger partial charge is 0.480 e. The summed E-state index contributed by atoms with van der Waals surface area (Å²) in [5.41, 5.74) is -0.772. The molecule has 1 saturated heterocycles. The highest BCUT2D eigenvalue weighted by atomic mass is 16.5. The average molecular weight is 270 g/mol. The van der Waals surface area contributed by atoms with Crippen molar-refractivity contribution in [1.82, 2.24) is 10.2 Å². The summed E-state index contributed by atoms with van der Waals surface area (Å²) in [5, 5.41) is 13.0. The first-order chi connectivity index (χ1) is 8.98. The van der Waals surface area contributed by atoms with E-state index in [1.54, 1.807) is 0 Å². The molecule has 1 heterocycles. The van der Waals surface area contributed by atoms with Crippen LogP contribution in [0.5, 0.6) is 0 Å². The van der Waals surface area contributed by atoms with Crippen LogP contribution in [-0.4, -0.2) is 59.9 Å². The molecular formula is C14H26N2O3. The predicted molar refractivity (Wildman–Crippen MR) is 73.2 cm³/mol. The Hall–Kier alpha value is -0.650. The van der Waals surface area contributed by atoms with Crippen LogP contribution in [0, 0.1) is 5.92 Å². The van der Waals surface area contributed by atoms with E-state index < -0.39 is 11.5 Å². The Balaban J connectivity index is 2.08. The van der Waals surface area contributed by atoms with E-state index in [2.05, 4.69) is 24.1 Å². The third-order valence-corrected chi connectivity index (χ3v) is 4.12. The Morgan fingerprint density at radius 3 is 2.37 bits per heavy atom. The maximum Gasteiger partial charge on any atom is 0.325 e. The van der Waals surface area contributed by atoms with Crippen molar-refractivity contribution in [3.05, 3.63) is 0 Å². The quantitative estimate of drug-likeness (QED) is 0.752. The molecule has 2 rings (SSSR count). The number of ether oxygens (including phenoxy) is 1. The van der Waals surface area contributed by atoms with Gasteiger partial charge in [0.1, 0.15) is 5.54 Å². The molecule has 5 nitrogen and oxygen atoms in total. The first-order valence-corrected chi connectivity index (χ1v) is 7.34. The Kier molecular flexibility index (Phi) is 4.48. The van der Waals surface area contributed by atoms with Gasteiger partial charge in [0.2, 0.25) is 0 Å². The zero-order valence-electron chi connectivity index (χ0n) is 12.2. The lowest BCUT2D eigenvalue weighted by molar-refractivity contribution is -0.149. The van der Waals surface area contributed by atoms with Crippen LogP contribution in [0.1, 0.15) is 33.6 Å². The number of aliphatic carboxylic acids is 1. The number of nitrogens with zero attached hydrogens (tertiary/aromatic N) is 1. The minimum atomic E-state index is -0.772. The van der Waals surface area contributed by atoms with Crippen LogP contribution in [0.15, 0.2) is 0 Å². The predicted octanol–water partition coefficient (Wildman–Crippen LogP) is 0.939. The number of nitrogens with one attached hydrogen (secondary N) is 1. The number of morpholine rings is 1. The van der Waals surface area contributed by atoms with Gasteiger partial charge in [0.25, 0.3) is 0 Å². The van der Waals surface area contributed by atoms with E-state index in [0.29, 0.717) is 13.1 Å². The van der Waals surface area contributed by atoms with E-state index >= 15 is 0 Å². The molecule has 0 aromatic rings. The normalized spacial score (nSPS) is 31.9. The van der Waals surface area contributed by atoms with Gasteiger partial charge in [0.05, 0.1) is 12.2 Å². The molecule has 1 aliphatic heterocycles. The lowest BCUT2D eigenvalue weighted by Crippen LogP contribution is -2.63. The lowest BCUT2D eigenvalue weighted by atomic mass is 9.91. The van der Waals surface area contributed by atoms with Crippen LogP contribution in [0.25, 0.3) is 0 Å². The fourth-order valence-electron chi connectivity index (χ4n) is 3.30. The zero-order valence-corrected chi connectivity index (χ0v) is 12.2. The van der Waals surface area contributed by atoms with Crippen molar-refractivity contribution >= 4 is 5.97 Å². The Bertz CT molecular complexity index is 323. The molecule has 0 radical (unpaired) electrons. The summed E-state index contributed by atoms with van der Waals surface area (Å²) in [6.45, 7) is 8.99. The van der Waals surface area contributed by atoms with Crippen molar-refractivity contribution in [3.8, 4) is 0 Å². The summed E-state index contributed by atoms with van der Waals surface area (Å²) in [7, 11) is 0. The SMILES string of the molecule is CCNC(CN1C[C@@H](C)O[C@@H](C)C1)(C(=O)O)C1CC1. The number of hydrogen-bond acceptors (Lipinski definition) is 4. The molecule has 2 fully saturated rings. The Morgan fingerprint density at radius 1 is 1.37 bits per heavy atom. The van der Waals surface area contributed by atoms with Gasteiger partial charge in [-0.15, -0.1) is 0 Å². The fourth-order valence-corrected chi connectivity index (χ4v) is 3.30. The van der Waals surface area contributed by atoms with Crippen LogP contribution >= 0.6 is 0 Å². The molecule has 3 atom stereocenters. The molecule has 0 aromatic heterocycles. The number of carboxylic acid groups (broad SMARTS) is 1. The van der Waals surface area contributed by atoms with E-state index in [4.69, 9.17) is 4.74 Å². The molecule has 19 heavy (non-hydrogen) atoms. The molecule has 2 N–H and O–H groups in total. The van der Waals surface area contributed by atoms with Gasteiger partial charge in [-0.1, -0.05) is 6.92 Å². The van der Waals surface area contributed by atoms with Gasteiger partial charge in [0.15, 0.2) is 0 Å². The van der Waals surface area contributed by atoms with Crippen molar-refractivity contribution in [2.45, 2.75) is 51.4 Å². The van der Waals surface area contributed by atoms with Crippen LogP contribution in [0.3, 0.4) is 0 Å². The third kappa shape index (κ3) is 3.27. The number of carboxylic acids is 1. The van der Waals surface area contributed by atoms with Crippen molar-refractivity contribution in [2.24, 2.45) is 5.92 Å². The Morgan fingerprint density at radius 2 is 1.95 bits per heavy atom. The van der Waals surface area contributed by atoms with Crippen molar-refractivity contribution in [3.63, 3.8) is 0 Å². The van der Waals surface area contributed by atoms with Gasteiger partial charge in [-0.3, -0.25) is 9.69 Å². The van der Waals surface area contributed by atoms with Crippen LogP contribution in [-0.2, 0) is 9.53 Å². The summed E-state index contributed by atoms with van der Waals surface area (Å²) in [4.78, 5) is 14.1. The van der Waals surface area contributed by atoms with Gasteiger partial charge < -0.3 is 15.2 Å². The van der Waals surface area contributed by atoms with E-state index in [-0.39, 0.29) is 18.1 Å². The number of hydrogen-bond donors (Lipinski definition) is 2. The molecule has 1 unspecified atom stereocenters. The van der Waals surface area contributed by atoms with Crippen molar-refractivity contribution in [2.75, 3.05) is 26.2 Å². The number of carbonyl (C=O) groups is 1. The maximum absolute atomic E-state index is 11.8. The number of rotatable bonds is 6. The molecule has 0 aromatic carbocycles. The van der Waals surface area contributed by atoms with Gasteiger partial charge in [-0.2, -0.15) is 0 Å². The van der Waals surface area contributed by atoms with E-state index in [1.165, 1.54) is 0 Å². The lowest BCUT2D eigenvalue weighted by Gasteiger charge is -2.41. The van der Waals surface area contributed by atoms with Gasteiger partial charge in [0, 0.05) is 19.6 Å². The molecule has 110 valence electrons. The monoisotopic (exact) mass is 270 g/mol. The zero-order chi connectivity index (χ0) is 14.0. The molecule has 1 aliphatic carbocycles. The second-order valence-electron chi connectivity index (χ2n) is 6.03. The van der Waals surface area contributed by atoms with Crippen molar-refractivity contribution < 1.29 is 14.6 Å². The second-order valence-corrected chi connectivity index (χ2v) is 6.03. The van der Waals surface area contributed by atoms with Crippen LogP contribution < -0.4 is 5.32 Å². The highest BCUT2D eigenvalue weighted by Gasteiger charge is 2.51. The third-order valence-electron chi connectivity index (χ3n) is 4.12. The minimum Gasteiger partial charge on any atom is -0.480 e. The maximum atomic E-state index is 11.8. The standard InChI is InChI=1S/C14H26N2O3/c1-4-15-14(13(17)18,12-5-6-12)9-16-7-10(2)19-11(3)8-16/h10-12,15H,4-9H2,1-3H3,(H,17,18)/t10-,11+,14?. The summed E-state index contributed by atoms with van der Waals surface area (Å²) in [6.07, 6.45) is 2.40. The van der Waals surface area contributed by atoms with E-state index in [9.17, 15) is 9.90 Å². The second kappa shape index (κ2) is 5.77. The summed E-state index contributed by atoms with van der Waals surface area (Å²) < 4.78 is 5.72. The molecule has 5 heteroatoms. The average Bonchev–Trinajstić information content (AvgIpc) is 3.10. The molecule has 0 bridgehead atoms. The molecule has 1 saturated carbocycles. The molecule has 0 spiro atoms.